The summed E-state index contributed by atoms with van der Waals surface area (Å²) in [7, 11) is 0. The lowest BCUT2D eigenvalue weighted by atomic mass is 10.2. The molecule has 1 saturated heterocycles. The summed E-state index contributed by atoms with van der Waals surface area (Å²) in [6, 6.07) is 7.21. The number of hydrogen-bond donors (Lipinski definition) is 2. The van der Waals surface area contributed by atoms with Crippen molar-refractivity contribution in [3.8, 4) is 5.75 Å². The highest BCUT2D eigenvalue weighted by Crippen LogP contribution is 2.15. The lowest BCUT2D eigenvalue weighted by molar-refractivity contribution is -0.918. The maximum atomic E-state index is 10.1. The normalized spacial score (nSPS) is 26.0. The van der Waals surface area contributed by atoms with Gasteiger partial charge in [-0.2, -0.15) is 0 Å². The van der Waals surface area contributed by atoms with Crippen LogP contribution in [-0.2, 0) is 9.47 Å². The number of aliphatic hydroxyl groups excluding tert-OH is 1. The van der Waals surface area contributed by atoms with E-state index in [0.29, 0.717) is 31.4 Å². The van der Waals surface area contributed by atoms with Gasteiger partial charge in [0.1, 0.15) is 50.3 Å². The summed E-state index contributed by atoms with van der Waals surface area (Å²) in [5, 5.41) is 10.8. The lowest BCUT2D eigenvalue weighted by Gasteiger charge is -2.33. The van der Waals surface area contributed by atoms with Crippen LogP contribution in [0.15, 0.2) is 24.3 Å². The second-order valence-corrected chi connectivity index (χ2v) is 6.59. The minimum absolute atomic E-state index is 0.245. The number of quaternary nitrogens is 1. The van der Waals surface area contributed by atoms with E-state index >= 15 is 0 Å². The Bertz CT molecular complexity index is 446. The largest absolute Gasteiger partial charge is 0.491 e. The number of halogens is 1. The molecule has 1 fully saturated rings. The van der Waals surface area contributed by atoms with Crippen molar-refractivity contribution in [3.63, 3.8) is 0 Å². The first-order valence-corrected chi connectivity index (χ1v) is 8.54. The van der Waals surface area contributed by atoms with Gasteiger partial charge in [-0.05, 0) is 38.1 Å². The molecule has 1 aromatic carbocycles. The van der Waals surface area contributed by atoms with Crippen LogP contribution < -0.4 is 9.64 Å². The topological polar surface area (TPSA) is 52.4 Å². The third-order valence-corrected chi connectivity index (χ3v) is 4.01. The van der Waals surface area contributed by atoms with Gasteiger partial charge in [-0.25, -0.2) is 0 Å². The second-order valence-electron chi connectivity index (χ2n) is 6.15. The van der Waals surface area contributed by atoms with Gasteiger partial charge in [0, 0.05) is 5.02 Å². The van der Waals surface area contributed by atoms with Crippen molar-refractivity contribution in [2.24, 2.45) is 0 Å². The van der Waals surface area contributed by atoms with Crippen molar-refractivity contribution >= 4 is 11.6 Å². The van der Waals surface area contributed by atoms with Gasteiger partial charge in [0.2, 0.25) is 0 Å². The van der Waals surface area contributed by atoms with Gasteiger partial charge in [0.25, 0.3) is 0 Å². The summed E-state index contributed by atoms with van der Waals surface area (Å²) in [6.45, 7) is 7.94. The Hall–Kier alpha value is -0.850. The number of morpholine rings is 1. The number of benzene rings is 1. The SMILES string of the molecule is C[C@H]1C[NH+](C[C@H](O)COCCOc2ccc(Cl)cc2)C[C@H](C)O1. The molecule has 1 heterocycles. The van der Waals surface area contributed by atoms with Crippen LogP contribution in [0.5, 0.6) is 5.75 Å². The first kappa shape index (κ1) is 18.5. The van der Waals surface area contributed by atoms with Crippen molar-refractivity contribution in [1.82, 2.24) is 0 Å². The van der Waals surface area contributed by atoms with Crippen LogP contribution in [0.25, 0.3) is 0 Å². The molecule has 0 saturated carbocycles. The van der Waals surface area contributed by atoms with Crippen molar-refractivity contribution in [2.75, 3.05) is 39.5 Å². The Kier molecular flexibility index (Phi) is 7.59. The molecule has 0 spiro atoms. The van der Waals surface area contributed by atoms with Crippen LogP contribution >= 0.6 is 11.6 Å². The molecule has 1 aliphatic rings. The highest BCUT2D eigenvalue weighted by molar-refractivity contribution is 6.30. The summed E-state index contributed by atoms with van der Waals surface area (Å²) in [6.07, 6.45) is 0.0299. The smallest absolute Gasteiger partial charge is 0.126 e. The van der Waals surface area contributed by atoms with E-state index < -0.39 is 6.10 Å². The molecule has 130 valence electrons. The van der Waals surface area contributed by atoms with E-state index in [1.807, 2.05) is 12.1 Å². The summed E-state index contributed by atoms with van der Waals surface area (Å²) < 4.78 is 16.7. The maximum absolute atomic E-state index is 10.1. The molecule has 3 atom stereocenters. The molecule has 0 aromatic heterocycles. The van der Waals surface area contributed by atoms with Gasteiger partial charge in [-0.1, -0.05) is 11.6 Å². The molecular formula is C17H27ClNO4+. The van der Waals surface area contributed by atoms with E-state index in [0.717, 1.165) is 18.8 Å². The number of nitrogens with one attached hydrogen (secondary N) is 1. The third-order valence-electron chi connectivity index (χ3n) is 3.76. The second kappa shape index (κ2) is 9.45. The van der Waals surface area contributed by atoms with E-state index in [4.69, 9.17) is 25.8 Å². The van der Waals surface area contributed by atoms with Crippen LogP contribution in [0.4, 0.5) is 0 Å². The van der Waals surface area contributed by atoms with Crippen molar-refractivity contribution in [1.29, 1.82) is 0 Å². The molecular weight excluding hydrogens is 318 g/mol. The monoisotopic (exact) mass is 344 g/mol. The fourth-order valence-electron chi connectivity index (χ4n) is 2.92. The van der Waals surface area contributed by atoms with Gasteiger partial charge in [0.15, 0.2) is 0 Å². The predicted octanol–water partition coefficient (Wildman–Crippen LogP) is 0.788. The van der Waals surface area contributed by atoms with Gasteiger partial charge >= 0.3 is 0 Å². The van der Waals surface area contributed by atoms with Crippen LogP contribution in [0, 0.1) is 0 Å². The van der Waals surface area contributed by atoms with Crippen LogP contribution in [0.3, 0.4) is 0 Å². The van der Waals surface area contributed by atoms with Crippen LogP contribution in [0.1, 0.15) is 13.8 Å². The molecule has 0 unspecified atom stereocenters. The fourth-order valence-corrected chi connectivity index (χ4v) is 3.04. The van der Waals surface area contributed by atoms with Gasteiger partial charge < -0.3 is 24.2 Å². The Morgan fingerprint density at radius 1 is 1.22 bits per heavy atom. The average Bonchev–Trinajstić information content (AvgIpc) is 2.47. The number of aliphatic hydroxyl groups is 1. The molecule has 23 heavy (non-hydrogen) atoms. The molecule has 1 aliphatic heterocycles. The number of rotatable bonds is 8. The zero-order chi connectivity index (χ0) is 16.7. The minimum Gasteiger partial charge on any atom is -0.491 e. The first-order valence-electron chi connectivity index (χ1n) is 8.16. The predicted molar refractivity (Wildman–Crippen MR) is 89.3 cm³/mol. The molecule has 0 radical (unpaired) electrons. The molecule has 2 rings (SSSR count). The van der Waals surface area contributed by atoms with Crippen molar-refractivity contribution in [3.05, 3.63) is 29.3 Å². The Balaban J connectivity index is 1.56. The van der Waals surface area contributed by atoms with Crippen molar-refractivity contribution in [2.45, 2.75) is 32.2 Å². The van der Waals surface area contributed by atoms with Crippen LogP contribution in [0.2, 0.25) is 5.02 Å². The van der Waals surface area contributed by atoms with Gasteiger partial charge in [-0.3, -0.25) is 0 Å². The quantitative estimate of drug-likeness (QED) is 0.685. The van der Waals surface area contributed by atoms with E-state index in [-0.39, 0.29) is 12.2 Å². The Morgan fingerprint density at radius 2 is 1.87 bits per heavy atom. The summed E-state index contributed by atoms with van der Waals surface area (Å²) >= 11 is 5.81. The highest BCUT2D eigenvalue weighted by atomic mass is 35.5. The van der Waals surface area contributed by atoms with Gasteiger partial charge in [0.05, 0.1) is 13.2 Å². The van der Waals surface area contributed by atoms with E-state index in [1.54, 1.807) is 12.1 Å². The summed E-state index contributed by atoms with van der Waals surface area (Å²) in [5.41, 5.74) is 0. The summed E-state index contributed by atoms with van der Waals surface area (Å²) in [4.78, 5) is 1.37. The molecule has 2 N–H and O–H groups in total. The van der Waals surface area contributed by atoms with Crippen molar-refractivity contribution < 1.29 is 24.2 Å². The molecule has 6 heteroatoms. The Morgan fingerprint density at radius 3 is 2.52 bits per heavy atom. The number of ether oxygens (including phenoxy) is 3. The number of hydrogen-bond acceptors (Lipinski definition) is 4. The molecule has 0 bridgehead atoms. The molecule has 0 amide bonds. The molecule has 0 aliphatic carbocycles. The zero-order valence-electron chi connectivity index (χ0n) is 13.8. The molecule has 5 nitrogen and oxygen atoms in total. The van der Waals surface area contributed by atoms with E-state index in [1.165, 1.54) is 4.90 Å². The standard InChI is InChI=1S/C17H26ClNO4/c1-13-9-19(10-14(2)23-13)11-16(20)12-21-7-8-22-17-5-3-15(18)4-6-17/h3-6,13-14,16,20H,7-12H2,1-2H3/p+1/t13-,14-,16-/m0/s1. The maximum Gasteiger partial charge on any atom is 0.126 e. The molecule has 1 aromatic rings. The lowest BCUT2D eigenvalue weighted by Crippen LogP contribution is -3.16. The van der Waals surface area contributed by atoms with E-state index in [9.17, 15) is 5.11 Å². The zero-order valence-corrected chi connectivity index (χ0v) is 14.6. The minimum atomic E-state index is -0.460. The van der Waals surface area contributed by atoms with Crippen LogP contribution in [-0.4, -0.2) is 62.9 Å². The summed E-state index contributed by atoms with van der Waals surface area (Å²) in [5.74, 6) is 0.763. The van der Waals surface area contributed by atoms with Gasteiger partial charge in [-0.15, -0.1) is 0 Å². The Labute approximate surface area is 143 Å². The fraction of sp³-hybridized carbons (Fsp3) is 0.647. The third kappa shape index (κ3) is 7.06. The van der Waals surface area contributed by atoms with E-state index in [2.05, 4.69) is 13.8 Å². The first-order chi connectivity index (χ1) is 11.0. The highest BCUT2D eigenvalue weighted by Gasteiger charge is 2.27. The average molecular weight is 345 g/mol.